The van der Waals surface area contributed by atoms with E-state index in [9.17, 15) is 9.59 Å². The summed E-state index contributed by atoms with van der Waals surface area (Å²) in [6.07, 6.45) is -0.555. The summed E-state index contributed by atoms with van der Waals surface area (Å²) >= 11 is 0. The first kappa shape index (κ1) is 17.9. The maximum Gasteiger partial charge on any atom is 0.268 e. The van der Waals surface area contributed by atoms with Crippen molar-refractivity contribution in [3.63, 3.8) is 0 Å². The second-order valence-electron chi connectivity index (χ2n) is 6.27. The zero-order chi connectivity index (χ0) is 18.7. The van der Waals surface area contributed by atoms with Gasteiger partial charge in [0.05, 0.1) is 12.2 Å². The molecule has 2 amide bonds. The fourth-order valence-electron chi connectivity index (χ4n) is 2.93. The molecular formula is C20H22N2O4. The summed E-state index contributed by atoms with van der Waals surface area (Å²) in [5.74, 6) is 0.255. The molecule has 0 saturated heterocycles. The van der Waals surface area contributed by atoms with Crippen LogP contribution in [0.1, 0.15) is 18.1 Å². The minimum Gasteiger partial charge on any atom is -0.479 e. The molecule has 0 radical (unpaired) electrons. The lowest BCUT2D eigenvalue weighted by molar-refractivity contribution is -0.125. The van der Waals surface area contributed by atoms with Crippen molar-refractivity contribution in [3.05, 3.63) is 53.6 Å². The zero-order valence-corrected chi connectivity index (χ0v) is 15.1. The van der Waals surface area contributed by atoms with Gasteiger partial charge in [-0.2, -0.15) is 0 Å². The summed E-state index contributed by atoms with van der Waals surface area (Å²) in [5.41, 5.74) is 3.42. The highest BCUT2D eigenvalue weighted by molar-refractivity contribution is 6.01. The maximum absolute atomic E-state index is 12.7. The minimum atomic E-state index is -0.555. The number of amides is 2. The third-order valence-corrected chi connectivity index (χ3v) is 4.32. The van der Waals surface area contributed by atoms with Crippen LogP contribution in [0.3, 0.4) is 0 Å². The highest BCUT2D eigenvalue weighted by Crippen LogP contribution is 2.37. The molecule has 6 heteroatoms. The van der Waals surface area contributed by atoms with E-state index >= 15 is 0 Å². The Hall–Kier alpha value is -2.86. The highest BCUT2D eigenvalue weighted by Gasteiger charge is 2.32. The third kappa shape index (κ3) is 3.70. The smallest absolute Gasteiger partial charge is 0.268 e. The van der Waals surface area contributed by atoms with E-state index in [1.165, 1.54) is 7.11 Å². The first-order chi connectivity index (χ1) is 12.5. The number of nitrogens with one attached hydrogen (secondary N) is 1. The SMILES string of the molecule is COCC(=O)Nc1ccc2c(c1)N(Cc1ccccc1C)C(=O)C(C)O2. The molecule has 6 nitrogen and oxygen atoms in total. The highest BCUT2D eigenvalue weighted by atomic mass is 16.5. The van der Waals surface area contributed by atoms with Crippen molar-refractivity contribution in [1.29, 1.82) is 0 Å². The van der Waals surface area contributed by atoms with Crippen LogP contribution in [0.5, 0.6) is 5.75 Å². The Morgan fingerprint density at radius 3 is 2.77 bits per heavy atom. The van der Waals surface area contributed by atoms with Gasteiger partial charge >= 0.3 is 0 Å². The number of benzene rings is 2. The fraction of sp³-hybridized carbons (Fsp3) is 0.300. The van der Waals surface area contributed by atoms with Gasteiger partial charge in [0.15, 0.2) is 6.10 Å². The van der Waals surface area contributed by atoms with Crippen LogP contribution in [-0.2, 0) is 20.9 Å². The lowest BCUT2D eigenvalue weighted by Crippen LogP contribution is -2.44. The van der Waals surface area contributed by atoms with E-state index in [0.717, 1.165) is 11.1 Å². The van der Waals surface area contributed by atoms with Gasteiger partial charge in [0.1, 0.15) is 12.4 Å². The standard InChI is InChI=1S/C20H22N2O4/c1-13-6-4-5-7-15(13)11-22-17-10-16(21-19(23)12-25-3)8-9-18(17)26-14(2)20(22)24/h4-10,14H,11-12H2,1-3H3,(H,21,23). The molecule has 3 rings (SSSR count). The van der Waals surface area contributed by atoms with Crippen LogP contribution in [0.25, 0.3) is 0 Å². The molecule has 0 aliphatic carbocycles. The molecule has 2 aromatic carbocycles. The van der Waals surface area contributed by atoms with Crippen LogP contribution >= 0.6 is 0 Å². The summed E-state index contributed by atoms with van der Waals surface area (Å²) in [5, 5.41) is 2.76. The second kappa shape index (κ2) is 7.58. The van der Waals surface area contributed by atoms with Gasteiger partial charge in [0, 0.05) is 12.8 Å². The van der Waals surface area contributed by atoms with Crippen molar-refractivity contribution in [2.75, 3.05) is 23.9 Å². The first-order valence-corrected chi connectivity index (χ1v) is 8.45. The van der Waals surface area contributed by atoms with E-state index in [0.29, 0.717) is 23.7 Å². The lowest BCUT2D eigenvalue weighted by Gasteiger charge is -2.33. The van der Waals surface area contributed by atoms with E-state index in [-0.39, 0.29) is 18.4 Å². The predicted octanol–water partition coefficient (Wildman–Crippen LogP) is 2.89. The molecule has 0 bridgehead atoms. The Balaban J connectivity index is 1.94. The Labute approximate surface area is 152 Å². The van der Waals surface area contributed by atoms with Gasteiger partial charge in [-0.1, -0.05) is 24.3 Å². The van der Waals surface area contributed by atoms with E-state index in [2.05, 4.69) is 5.32 Å². The molecule has 1 aliphatic heterocycles. The Morgan fingerprint density at radius 1 is 1.27 bits per heavy atom. The molecule has 1 N–H and O–H groups in total. The second-order valence-corrected chi connectivity index (χ2v) is 6.27. The van der Waals surface area contributed by atoms with Crippen LogP contribution < -0.4 is 15.0 Å². The van der Waals surface area contributed by atoms with Crippen LogP contribution in [0.4, 0.5) is 11.4 Å². The van der Waals surface area contributed by atoms with Crippen LogP contribution in [0, 0.1) is 6.92 Å². The molecule has 2 aromatic rings. The van der Waals surface area contributed by atoms with Gasteiger partial charge < -0.3 is 19.7 Å². The molecule has 26 heavy (non-hydrogen) atoms. The molecule has 0 spiro atoms. The molecule has 1 aliphatic rings. The van der Waals surface area contributed by atoms with Crippen molar-refractivity contribution in [1.82, 2.24) is 0 Å². The van der Waals surface area contributed by atoms with Crippen molar-refractivity contribution in [3.8, 4) is 5.75 Å². The number of aryl methyl sites for hydroxylation is 1. The number of hydrogen-bond donors (Lipinski definition) is 1. The third-order valence-electron chi connectivity index (χ3n) is 4.32. The number of anilines is 2. The van der Waals surface area contributed by atoms with Crippen molar-refractivity contribution < 1.29 is 19.1 Å². The summed E-state index contributed by atoms with van der Waals surface area (Å²) in [6, 6.07) is 13.2. The van der Waals surface area contributed by atoms with Crippen LogP contribution in [0.2, 0.25) is 0 Å². The number of methoxy groups -OCH3 is 1. The van der Waals surface area contributed by atoms with Crippen molar-refractivity contribution >= 4 is 23.2 Å². The fourth-order valence-corrected chi connectivity index (χ4v) is 2.93. The van der Waals surface area contributed by atoms with Crippen LogP contribution in [0.15, 0.2) is 42.5 Å². The van der Waals surface area contributed by atoms with E-state index in [1.807, 2.05) is 31.2 Å². The molecular weight excluding hydrogens is 332 g/mol. The number of ether oxygens (including phenoxy) is 2. The average Bonchev–Trinajstić information content (AvgIpc) is 2.61. The van der Waals surface area contributed by atoms with Gasteiger partial charge in [-0.05, 0) is 43.2 Å². The summed E-state index contributed by atoms with van der Waals surface area (Å²) in [6.45, 7) is 4.18. The largest absolute Gasteiger partial charge is 0.479 e. The maximum atomic E-state index is 12.7. The normalized spacial score (nSPS) is 16.0. The number of fused-ring (bicyclic) bond motifs is 1. The van der Waals surface area contributed by atoms with Gasteiger partial charge in [-0.3, -0.25) is 9.59 Å². The number of rotatable bonds is 5. The number of hydrogen-bond acceptors (Lipinski definition) is 4. The summed E-state index contributed by atoms with van der Waals surface area (Å²) in [7, 11) is 1.46. The minimum absolute atomic E-state index is 0.0313. The van der Waals surface area contributed by atoms with Crippen molar-refractivity contribution in [2.45, 2.75) is 26.5 Å². The predicted molar refractivity (Wildman–Crippen MR) is 99.4 cm³/mol. The van der Waals surface area contributed by atoms with Gasteiger partial charge in [0.25, 0.3) is 5.91 Å². The van der Waals surface area contributed by atoms with Crippen molar-refractivity contribution in [2.24, 2.45) is 0 Å². The molecule has 0 saturated carbocycles. The molecule has 0 fully saturated rings. The van der Waals surface area contributed by atoms with Gasteiger partial charge in [0.2, 0.25) is 5.91 Å². The van der Waals surface area contributed by atoms with Gasteiger partial charge in [-0.25, -0.2) is 0 Å². The Bertz CT molecular complexity index is 834. The first-order valence-electron chi connectivity index (χ1n) is 8.45. The molecule has 0 aromatic heterocycles. The topological polar surface area (TPSA) is 67.9 Å². The quantitative estimate of drug-likeness (QED) is 0.896. The molecule has 136 valence electrons. The molecule has 1 heterocycles. The number of carbonyl (C=O) groups excluding carboxylic acids is 2. The Kier molecular flexibility index (Phi) is 5.23. The number of nitrogens with zero attached hydrogens (tertiary/aromatic N) is 1. The van der Waals surface area contributed by atoms with E-state index in [1.54, 1.807) is 30.0 Å². The van der Waals surface area contributed by atoms with E-state index < -0.39 is 6.10 Å². The Morgan fingerprint density at radius 2 is 2.04 bits per heavy atom. The summed E-state index contributed by atoms with van der Waals surface area (Å²) < 4.78 is 10.6. The van der Waals surface area contributed by atoms with Gasteiger partial charge in [-0.15, -0.1) is 0 Å². The molecule has 1 atom stereocenters. The van der Waals surface area contributed by atoms with E-state index in [4.69, 9.17) is 9.47 Å². The lowest BCUT2D eigenvalue weighted by atomic mass is 10.1. The summed E-state index contributed by atoms with van der Waals surface area (Å²) in [4.78, 5) is 26.2. The molecule has 1 unspecified atom stereocenters. The monoisotopic (exact) mass is 354 g/mol. The van der Waals surface area contributed by atoms with Crippen LogP contribution in [-0.4, -0.2) is 31.6 Å². The average molecular weight is 354 g/mol. The number of carbonyl (C=O) groups is 2. The zero-order valence-electron chi connectivity index (χ0n) is 15.1.